The first-order chi connectivity index (χ1) is 8.14. The lowest BCUT2D eigenvalue weighted by Crippen LogP contribution is -2.21. The monoisotopic (exact) mass is 232 g/mol. The summed E-state index contributed by atoms with van der Waals surface area (Å²) >= 11 is 0. The van der Waals surface area contributed by atoms with Crippen LogP contribution in [0.2, 0.25) is 0 Å². The molecule has 1 saturated carbocycles. The largest absolute Gasteiger partial charge is 0.326 e. The van der Waals surface area contributed by atoms with E-state index in [4.69, 9.17) is 0 Å². The maximum atomic E-state index is 11.9. The average molecular weight is 232 g/mol. The van der Waals surface area contributed by atoms with Crippen LogP contribution in [0.25, 0.3) is 0 Å². The number of amides is 1. The summed E-state index contributed by atoms with van der Waals surface area (Å²) in [5.41, 5.74) is 1.99. The first-order valence-electron chi connectivity index (χ1n) is 6.25. The fraction of sp³-hybridized carbons (Fsp3) is 0.500. The van der Waals surface area contributed by atoms with Gasteiger partial charge in [0.25, 0.3) is 0 Å². The van der Waals surface area contributed by atoms with Gasteiger partial charge in [-0.3, -0.25) is 4.79 Å². The van der Waals surface area contributed by atoms with Gasteiger partial charge in [-0.05, 0) is 37.1 Å². The second-order valence-corrected chi connectivity index (χ2v) is 5.00. The highest BCUT2D eigenvalue weighted by atomic mass is 16.2. The average Bonchev–Trinajstić information content (AvgIpc) is 3.07. The second-order valence-electron chi connectivity index (χ2n) is 5.00. The fourth-order valence-corrected chi connectivity index (χ4v) is 1.72. The molecule has 3 nitrogen and oxygen atoms in total. The minimum absolute atomic E-state index is 0.113. The zero-order valence-electron chi connectivity index (χ0n) is 10.5. The number of hydrogen-bond acceptors (Lipinski definition) is 2. The zero-order chi connectivity index (χ0) is 12.3. The standard InChI is InChI=1S/C14H20N2O/c1-3-15-10-11-5-4-6-12(9-11)16-13(17)14(2)7-8-14/h4-6,9,15H,3,7-8,10H2,1-2H3,(H,16,17). The predicted octanol–water partition coefficient (Wildman–Crippen LogP) is 2.53. The van der Waals surface area contributed by atoms with Crippen molar-refractivity contribution >= 4 is 11.6 Å². The van der Waals surface area contributed by atoms with Crippen LogP contribution in [0.1, 0.15) is 32.3 Å². The Morgan fingerprint density at radius 3 is 2.82 bits per heavy atom. The number of hydrogen-bond donors (Lipinski definition) is 2. The van der Waals surface area contributed by atoms with Crippen LogP contribution in [-0.2, 0) is 11.3 Å². The van der Waals surface area contributed by atoms with E-state index >= 15 is 0 Å². The molecule has 17 heavy (non-hydrogen) atoms. The summed E-state index contributed by atoms with van der Waals surface area (Å²) in [7, 11) is 0. The second kappa shape index (κ2) is 4.88. The fourth-order valence-electron chi connectivity index (χ4n) is 1.72. The molecule has 0 atom stereocenters. The van der Waals surface area contributed by atoms with Gasteiger partial charge in [0.2, 0.25) is 5.91 Å². The van der Waals surface area contributed by atoms with Gasteiger partial charge in [0.1, 0.15) is 0 Å². The van der Waals surface area contributed by atoms with Crippen LogP contribution in [0.4, 0.5) is 5.69 Å². The number of rotatable bonds is 5. The smallest absolute Gasteiger partial charge is 0.230 e. The van der Waals surface area contributed by atoms with Crippen LogP contribution >= 0.6 is 0 Å². The zero-order valence-corrected chi connectivity index (χ0v) is 10.5. The van der Waals surface area contributed by atoms with E-state index < -0.39 is 0 Å². The van der Waals surface area contributed by atoms with E-state index in [1.807, 2.05) is 25.1 Å². The highest BCUT2D eigenvalue weighted by Crippen LogP contribution is 2.45. The van der Waals surface area contributed by atoms with E-state index in [9.17, 15) is 4.79 Å². The first kappa shape index (κ1) is 12.1. The molecule has 0 aromatic heterocycles. The molecule has 0 radical (unpaired) electrons. The topological polar surface area (TPSA) is 41.1 Å². The summed E-state index contributed by atoms with van der Waals surface area (Å²) in [6, 6.07) is 8.03. The molecule has 1 aromatic rings. The Morgan fingerprint density at radius 2 is 2.18 bits per heavy atom. The van der Waals surface area contributed by atoms with Gasteiger partial charge in [-0.2, -0.15) is 0 Å². The SMILES string of the molecule is CCNCc1cccc(NC(=O)C2(C)CC2)c1. The lowest BCUT2D eigenvalue weighted by Gasteiger charge is -2.11. The van der Waals surface area contributed by atoms with Gasteiger partial charge in [-0.15, -0.1) is 0 Å². The third kappa shape index (κ3) is 3.07. The Balaban J connectivity index is 1.98. The molecular formula is C14H20N2O. The maximum absolute atomic E-state index is 11.9. The molecule has 2 rings (SSSR count). The van der Waals surface area contributed by atoms with Crippen LogP contribution in [0.15, 0.2) is 24.3 Å². The van der Waals surface area contributed by atoms with Gasteiger partial charge in [0, 0.05) is 17.6 Å². The van der Waals surface area contributed by atoms with E-state index in [1.54, 1.807) is 0 Å². The highest BCUT2D eigenvalue weighted by molar-refractivity contribution is 5.96. The highest BCUT2D eigenvalue weighted by Gasteiger charge is 2.44. The van der Waals surface area contributed by atoms with E-state index in [0.717, 1.165) is 31.6 Å². The molecule has 2 N–H and O–H groups in total. The summed E-state index contributed by atoms with van der Waals surface area (Å²) in [6.45, 7) is 5.90. The summed E-state index contributed by atoms with van der Waals surface area (Å²) in [5.74, 6) is 0.151. The van der Waals surface area contributed by atoms with E-state index in [0.29, 0.717) is 0 Å². The van der Waals surface area contributed by atoms with Crippen molar-refractivity contribution in [2.75, 3.05) is 11.9 Å². The quantitative estimate of drug-likeness (QED) is 0.819. The first-order valence-corrected chi connectivity index (χ1v) is 6.25. The van der Waals surface area contributed by atoms with Crippen molar-refractivity contribution < 1.29 is 4.79 Å². The van der Waals surface area contributed by atoms with Crippen LogP contribution in [0.5, 0.6) is 0 Å². The molecule has 1 aliphatic carbocycles. The number of carbonyl (C=O) groups is 1. The van der Waals surface area contributed by atoms with Gasteiger partial charge >= 0.3 is 0 Å². The van der Waals surface area contributed by atoms with E-state index in [-0.39, 0.29) is 11.3 Å². The minimum Gasteiger partial charge on any atom is -0.326 e. The van der Waals surface area contributed by atoms with Crippen molar-refractivity contribution in [3.05, 3.63) is 29.8 Å². The molecule has 3 heteroatoms. The van der Waals surface area contributed by atoms with Crippen molar-refractivity contribution in [2.45, 2.75) is 33.2 Å². The van der Waals surface area contributed by atoms with Crippen molar-refractivity contribution in [1.29, 1.82) is 0 Å². The maximum Gasteiger partial charge on any atom is 0.230 e. The van der Waals surface area contributed by atoms with Crippen molar-refractivity contribution in [3.63, 3.8) is 0 Å². The third-order valence-corrected chi connectivity index (χ3v) is 3.31. The Bertz CT molecular complexity index is 410. The van der Waals surface area contributed by atoms with Gasteiger partial charge in [0.05, 0.1) is 0 Å². The Labute approximate surface area is 103 Å². The molecular weight excluding hydrogens is 212 g/mol. The number of benzene rings is 1. The normalized spacial score (nSPS) is 16.6. The van der Waals surface area contributed by atoms with Crippen molar-refractivity contribution in [2.24, 2.45) is 5.41 Å². The number of carbonyl (C=O) groups excluding carboxylic acids is 1. The summed E-state index contributed by atoms with van der Waals surface area (Å²) < 4.78 is 0. The Morgan fingerprint density at radius 1 is 1.41 bits per heavy atom. The molecule has 1 aliphatic rings. The predicted molar refractivity (Wildman–Crippen MR) is 69.8 cm³/mol. The van der Waals surface area contributed by atoms with E-state index in [1.165, 1.54) is 5.56 Å². The van der Waals surface area contributed by atoms with Gasteiger partial charge in [0.15, 0.2) is 0 Å². The lowest BCUT2D eigenvalue weighted by atomic mass is 10.1. The summed E-state index contributed by atoms with van der Waals surface area (Å²) in [6.07, 6.45) is 2.02. The number of anilines is 1. The van der Waals surface area contributed by atoms with Gasteiger partial charge in [-0.25, -0.2) is 0 Å². The molecule has 1 amide bonds. The van der Waals surface area contributed by atoms with Crippen molar-refractivity contribution in [1.82, 2.24) is 5.32 Å². The van der Waals surface area contributed by atoms with Crippen molar-refractivity contribution in [3.8, 4) is 0 Å². The molecule has 0 aliphatic heterocycles. The van der Waals surface area contributed by atoms with Crippen LogP contribution in [0, 0.1) is 5.41 Å². The third-order valence-electron chi connectivity index (χ3n) is 3.31. The summed E-state index contributed by atoms with van der Waals surface area (Å²) in [5, 5.41) is 6.27. The summed E-state index contributed by atoms with van der Waals surface area (Å²) in [4.78, 5) is 11.9. The molecule has 1 aromatic carbocycles. The van der Waals surface area contributed by atoms with Crippen LogP contribution < -0.4 is 10.6 Å². The Kier molecular flexibility index (Phi) is 3.48. The van der Waals surface area contributed by atoms with Crippen LogP contribution in [0.3, 0.4) is 0 Å². The molecule has 0 spiro atoms. The van der Waals surface area contributed by atoms with Gasteiger partial charge < -0.3 is 10.6 Å². The molecule has 0 saturated heterocycles. The number of nitrogens with one attached hydrogen (secondary N) is 2. The van der Waals surface area contributed by atoms with E-state index in [2.05, 4.69) is 23.6 Å². The van der Waals surface area contributed by atoms with Gasteiger partial charge in [-0.1, -0.05) is 26.0 Å². The molecule has 92 valence electrons. The van der Waals surface area contributed by atoms with Crippen LogP contribution in [-0.4, -0.2) is 12.5 Å². The molecule has 0 bridgehead atoms. The molecule has 1 fully saturated rings. The lowest BCUT2D eigenvalue weighted by molar-refractivity contribution is -0.120. The molecule has 0 unspecified atom stereocenters. The molecule has 0 heterocycles. The Hall–Kier alpha value is -1.35. The minimum atomic E-state index is -0.113.